The Morgan fingerprint density at radius 1 is 1.21 bits per heavy atom. The highest BCUT2D eigenvalue weighted by molar-refractivity contribution is 8.13. The van der Waals surface area contributed by atoms with Crippen LogP contribution in [0.3, 0.4) is 0 Å². The number of ether oxygens (including phenoxy) is 3. The van der Waals surface area contributed by atoms with Crippen molar-refractivity contribution in [2.45, 2.75) is 37.6 Å². The number of rotatable bonds is 5. The van der Waals surface area contributed by atoms with Crippen molar-refractivity contribution in [2.75, 3.05) is 13.2 Å². The summed E-state index contributed by atoms with van der Waals surface area (Å²) in [6.45, 7) is 1.66. The summed E-state index contributed by atoms with van der Waals surface area (Å²) in [6.07, 6.45) is 1.75. The zero-order valence-corrected chi connectivity index (χ0v) is 16.3. The van der Waals surface area contributed by atoms with E-state index < -0.39 is 6.29 Å². The van der Waals surface area contributed by atoms with Crippen LogP contribution in [0.1, 0.15) is 35.8 Å². The molecule has 1 fully saturated rings. The maximum atomic E-state index is 14.1. The van der Waals surface area contributed by atoms with E-state index in [-0.39, 0.29) is 11.9 Å². The summed E-state index contributed by atoms with van der Waals surface area (Å²) in [5.41, 5.74) is 8.41. The molecule has 2 aromatic rings. The number of nitrogens with zero attached hydrogens (tertiary/aromatic N) is 1. The summed E-state index contributed by atoms with van der Waals surface area (Å²) in [5.74, 6) is 0.832. The molecule has 0 aromatic heterocycles. The van der Waals surface area contributed by atoms with E-state index in [0.717, 1.165) is 30.6 Å². The van der Waals surface area contributed by atoms with E-state index in [0.29, 0.717) is 35.4 Å². The molecule has 2 aromatic carbocycles. The van der Waals surface area contributed by atoms with Gasteiger partial charge in [-0.3, -0.25) is 4.99 Å². The predicted octanol–water partition coefficient (Wildman–Crippen LogP) is 4.16. The van der Waals surface area contributed by atoms with Gasteiger partial charge in [0.1, 0.15) is 11.6 Å². The maximum Gasteiger partial charge on any atom is 0.227 e. The van der Waals surface area contributed by atoms with Gasteiger partial charge < -0.3 is 19.9 Å². The summed E-state index contributed by atoms with van der Waals surface area (Å²) < 4.78 is 31.4. The molecule has 4 rings (SSSR count). The maximum absolute atomic E-state index is 14.1. The number of hydrogen-bond acceptors (Lipinski definition) is 5. The van der Waals surface area contributed by atoms with Crippen molar-refractivity contribution >= 4 is 16.9 Å². The normalized spacial score (nSPS) is 22.0. The van der Waals surface area contributed by atoms with Crippen molar-refractivity contribution < 1.29 is 18.6 Å². The average molecular weight is 402 g/mol. The summed E-state index contributed by atoms with van der Waals surface area (Å²) in [6, 6.07) is 12.7. The van der Waals surface area contributed by atoms with Crippen LogP contribution in [0, 0.1) is 5.82 Å². The van der Waals surface area contributed by atoms with Crippen molar-refractivity contribution in [3.05, 3.63) is 65.0 Å². The van der Waals surface area contributed by atoms with Crippen molar-refractivity contribution in [1.82, 2.24) is 0 Å². The fraction of sp³-hybridized carbons (Fsp3) is 0.381. The van der Waals surface area contributed by atoms with Gasteiger partial charge in [-0.25, -0.2) is 4.39 Å². The van der Waals surface area contributed by atoms with Crippen molar-refractivity contribution in [3.63, 3.8) is 0 Å². The molecule has 148 valence electrons. The van der Waals surface area contributed by atoms with Crippen LogP contribution in [0.4, 0.5) is 4.39 Å². The van der Waals surface area contributed by atoms with Gasteiger partial charge in [0.2, 0.25) is 6.29 Å². The molecule has 2 atom stereocenters. The summed E-state index contributed by atoms with van der Waals surface area (Å²) in [7, 11) is 0. The third kappa shape index (κ3) is 4.66. The smallest absolute Gasteiger partial charge is 0.227 e. The quantitative estimate of drug-likeness (QED) is 0.601. The van der Waals surface area contributed by atoms with Gasteiger partial charge in [-0.2, -0.15) is 0 Å². The molecule has 2 heterocycles. The molecule has 5 nitrogen and oxygen atoms in total. The molecule has 2 aliphatic heterocycles. The van der Waals surface area contributed by atoms with Gasteiger partial charge in [-0.15, -0.1) is 0 Å². The van der Waals surface area contributed by atoms with E-state index in [1.54, 1.807) is 0 Å². The number of benzene rings is 2. The first kappa shape index (κ1) is 19.2. The zero-order chi connectivity index (χ0) is 19.3. The molecule has 0 aliphatic carbocycles. The molecule has 7 heteroatoms. The van der Waals surface area contributed by atoms with Gasteiger partial charge in [0.05, 0.1) is 19.3 Å². The number of hydrogen-bond donors (Lipinski definition) is 1. The second-order valence-electron chi connectivity index (χ2n) is 6.83. The van der Waals surface area contributed by atoms with Gasteiger partial charge in [0.25, 0.3) is 0 Å². The fourth-order valence-corrected chi connectivity index (χ4v) is 4.02. The monoisotopic (exact) mass is 402 g/mol. The van der Waals surface area contributed by atoms with Crippen LogP contribution in [0.25, 0.3) is 0 Å². The summed E-state index contributed by atoms with van der Waals surface area (Å²) in [5, 5.41) is 0.472. The average Bonchev–Trinajstić information content (AvgIpc) is 3.24. The molecule has 0 bridgehead atoms. The molecule has 2 N–H and O–H groups in total. The van der Waals surface area contributed by atoms with Crippen molar-refractivity contribution in [2.24, 2.45) is 10.7 Å². The highest BCUT2D eigenvalue weighted by Crippen LogP contribution is 2.37. The van der Waals surface area contributed by atoms with Crippen LogP contribution in [-0.2, 0) is 21.8 Å². The van der Waals surface area contributed by atoms with Crippen LogP contribution in [0.15, 0.2) is 47.5 Å². The first-order chi connectivity index (χ1) is 13.7. The number of aliphatic imine (C=N–C) groups is 1. The number of thioether (sulfide) groups is 1. The molecule has 28 heavy (non-hydrogen) atoms. The Hall–Kier alpha value is -2.09. The van der Waals surface area contributed by atoms with E-state index in [9.17, 15) is 4.39 Å². The Morgan fingerprint density at radius 3 is 2.86 bits per heavy atom. The lowest BCUT2D eigenvalue weighted by Gasteiger charge is -2.28. The lowest BCUT2D eigenvalue weighted by molar-refractivity contribution is -0.112. The SMILES string of the molecule is NC(=NC[C@H]1CCCO1)SCc1cc(F)cc2c1O[C@@H](c1ccccc1)OC2. The van der Waals surface area contributed by atoms with Gasteiger partial charge in [-0.05, 0) is 25.0 Å². The van der Waals surface area contributed by atoms with Gasteiger partial charge in [0.15, 0.2) is 5.17 Å². The Labute approximate surface area is 168 Å². The minimum atomic E-state index is -0.506. The van der Waals surface area contributed by atoms with E-state index in [2.05, 4.69) is 4.99 Å². The summed E-state index contributed by atoms with van der Waals surface area (Å²) >= 11 is 1.38. The van der Waals surface area contributed by atoms with Crippen LogP contribution < -0.4 is 10.5 Å². The molecule has 1 saturated heterocycles. The standard InChI is InChI=1S/C21H23FN2O3S/c22-17-9-15-12-26-20(14-5-2-1-3-6-14)27-19(15)16(10-17)13-28-21(23)24-11-18-7-4-8-25-18/h1-3,5-6,9-10,18,20H,4,7-8,11-13H2,(H2,23,24)/t18-,20+/m1/s1. The molecule has 2 aliphatic rings. The largest absolute Gasteiger partial charge is 0.460 e. The highest BCUT2D eigenvalue weighted by atomic mass is 32.2. The van der Waals surface area contributed by atoms with Gasteiger partial charge >= 0.3 is 0 Å². The molecule has 0 radical (unpaired) electrons. The number of fused-ring (bicyclic) bond motifs is 1. The predicted molar refractivity (Wildman–Crippen MR) is 108 cm³/mol. The number of amidine groups is 1. The Kier molecular flexibility index (Phi) is 6.14. The second-order valence-corrected chi connectivity index (χ2v) is 7.82. The van der Waals surface area contributed by atoms with Gasteiger partial charge in [0, 0.05) is 29.1 Å². The zero-order valence-electron chi connectivity index (χ0n) is 15.5. The Morgan fingerprint density at radius 2 is 2.07 bits per heavy atom. The molecule has 0 amide bonds. The van der Waals surface area contributed by atoms with Crippen molar-refractivity contribution in [1.29, 1.82) is 0 Å². The third-order valence-corrected chi connectivity index (χ3v) is 5.62. The lowest BCUT2D eigenvalue weighted by Crippen LogP contribution is -2.19. The van der Waals surface area contributed by atoms with E-state index in [4.69, 9.17) is 19.9 Å². The number of halogens is 1. The highest BCUT2D eigenvalue weighted by Gasteiger charge is 2.25. The van der Waals surface area contributed by atoms with Crippen LogP contribution in [0.2, 0.25) is 0 Å². The minimum absolute atomic E-state index is 0.160. The van der Waals surface area contributed by atoms with Crippen molar-refractivity contribution in [3.8, 4) is 5.75 Å². The number of nitrogens with two attached hydrogens (primary N) is 1. The van der Waals surface area contributed by atoms with Crippen LogP contribution >= 0.6 is 11.8 Å². The van der Waals surface area contributed by atoms with Crippen LogP contribution in [0.5, 0.6) is 5.75 Å². The van der Waals surface area contributed by atoms with Gasteiger partial charge in [-0.1, -0.05) is 42.1 Å². The molecule has 0 unspecified atom stereocenters. The third-order valence-electron chi connectivity index (χ3n) is 4.74. The fourth-order valence-electron chi connectivity index (χ4n) is 3.34. The Bertz CT molecular complexity index is 841. The first-order valence-electron chi connectivity index (χ1n) is 9.38. The Balaban J connectivity index is 1.45. The topological polar surface area (TPSA) is 66.1 Å². The minimum Gasteiger partial charge on any atom is -0.460 e. The molecule has 0 spiro atoms. The first-order valence-corrected chi connectivity index (χ1v) is 10.4. The summed E-state index contributed by atoms with van der Waals surface area (Å²) in [4.78, 5) is 4.39. The van der Waals surface area contributed by atoms with E-state index in [1.807, 2.05) is 30.3 Å². The van der Waals surface area contributed by atoms with E-state index in [1.165, 1.54) is 23.9 Å². The second kappa shape index (κ2) is 8.94. The van der Waals surface area contributed by atoms with E-state index >= 15 is 0 Å². The lowest BCUT2D eigenvalue weighted by atomic mass is 10.1. The molecular formula is C21H23FN2O3S. The molecule has 0 saturated carbocycles. The van der Waals surface area contributed by atoms with Crippen LogP contribution in [-0.4, -0.2) is 24.4 Å². The molecular weight excluding hydrogens is 379 g/mol.